The van der Waals surface area contributed by atoms with E-state index in [0.29, 0.717) is 6.54 Å². The molecule has 0 radical (unpaired) electrons. The first-order valence-corrected chi connectivity index (χ1v) is 8.68. The zero-order valence-corrected chi connectivity index (χ0v) is 15.3. The maximum Gasteiger partial charge on any atom is 0.229 e. The van der Waals surface area contributed by atoms with Gasteiger partial charge in [-0.3, -0.25) is 9.59 Å². The number of rotatable bonds is 3. The van der Waals surface area contributed by atoms with Crippen LogP contribution in [-0.2, 0) is 9.59 Å². The fraction of sp³-hybridized carbons (Fsp3) is 0.263. The summed E-state index contributed by atoms with van der Waals surface area (Å²) in [6.45, 7) is 4.41. The van der Waals surface area contributed by atoms with Gasteiger partial charge in [0, 0.05) is 28.8 Å². The zero-order chi connectivity index (χ0) is 17.3. The first-order valence-electron chi connectivity index (χ1n) is 7.88. The van der Waals surface area contributed by atoms with E-state index in [2.05, 4.69) is 21.2 Å². The summed E-state index contributed by atoms with van der Waals surface area (Å²) < 4.78 is 0.960. The van der Waals surface area contributed by atoms with Gasteiger partial charge in [0.05, 0.1) is 5.92 Å². The van der Waals surface area contributed by atoms with Crippen molar-refractivity contribution in [3.63, 3.8) is 0 Å². The molecular weight excluding hydrogens is 368 g/mol. The van der Waals surface area contributed by atoms with Gasteiger partial charge in [-0.2, -0.15) is 0 Å². The van der Waals surface area contributed by atoms with Crippen LogP contribution in [0.4, 0.5) is 11.4 Å². The van der Waals surface area contributed by atoms with E-state index in [1.165, 1.54) is 0 Å². The molecule has 1 N–H and O–H groups in total. The van der Waals surface area contributed by atoms with Crippen LogP contribution in [0.15, 0.2) is 46.9 Å². The molecule has 0 unspecified atom stereocenters. The number of halogens is 1. The molecule has 1 aliphatic heterocycles. The van der Waals surface area contributed by atoms with Crippen molar-refractivity contribution in [2.24, 2.45) is 5.92 Å². The lowest BCUT2D eigenvalue weighted by atomic mass is 10.1. The summed E-state index contributed by atoms with van der Waals surface area (Å²) in [5, 5.41) is 2.97. The molecule has 2 aromatic rings. The number of nitrogens with one attached hydrogen (secondary N) is 1. The average Bonchev–Trinajstić information content (AvgIpc) is 2.94. The highest BCUT2D eigenvalue weighted by Crippen LogP contribution is 2.28. The number of hydrogen-bond acceptors (Lipinski definition) is 2. The molecular formula is C19H19BrN2O2. The Labute approximate surface area is 150 Å². The Balaban J connectivity index is 1.72. The van der Waals surface area contributed by atoms with Crippen molar-refractivity contribution >= 4 is 39.1 Å². The molecule has 0 bridgehead atoms. The fourth-order valence-electron chi connectivity index (χ4n) is 2.88. The van der Waals surface area contributed by atoms with Gasteiger partial charge in [0.1, 0.15) is 0 Å². The Hall–Kier alpha value is -2.14. The Morgan fingerprint density at radius 2 is 1.88 bits per heavy atom. The molecule has 0 aliphatic carbocycles. The molecule has 0 aromatic heterocycles. The van der Waals surface area contributed by atoms with Gasteiger partial charge in [0.2, 0.25) is 11.8 Å². The highest BCUT2D eigenvalue weighted by Gasteiger charge is 2.35. The number of carbonyl (C=O) groups excluding carboxylic acids is 2. The van der Waals surface area contributed by atoms with Crippen LogP contribution in [0.3, 0.4) is 0 Å². The van der Waals surface area contributed by atoms with Crippen molar-refractivity contribution in [3.05, 3.63) is 58.1 Å². The molecule has 0 spiro atoms. The van der Waals surface area contributed by atoms with Crippen molar-refractivity contribution in [2.45, 2.75) is 20.3 Å². The molecule has 4 nitrogen and oxygen atoms in total. The second kappa shape index (κ2) is 6.77. The van der Waals surface area contributed by atoms with Gasteiger partial charge >= 0.3 is 0 Å². The van der Waals surface area contributed by atoms with E-state index in [1.54, 1.807) is 4.90 Å². The van der Waals surface area contributed by atoms with E-state index < -0.39 is 0 Å². The third-order valence-corrected chi connectivity index (χ3v) is 5.03. The van der Waals surface area contributed by atoms with Crippen molar-refractivity contribution in [2.75, 3.05) is 16.8 Å². The molecule has 1 atom stereocenters. The van der Waals surface area contributed by atoms with Gasteiger partial charge in [-0.1, -0.05) is 28.1 Å². The summed E-state index contributed by atoms with van der Waals surface area (Å²) in [5.74, 6) is -0.448. The smallest absolute Gasteiger partial charge is 0.229 e. The number of anilines is 2. The number of carbonyl (C=O) groups is 2. The van der Waals surface area contributed by atoms with Crippen molar-refractivity contribution in [3.8, 4) is 0 Å². The molecule has 0 saturated carbocycles. The highest BCUT2D eigenvalue weighted by molar-refractivity contribution is 9.10. The van der Waals surface area contributed by atoms with Gasteiger partial charge in [-0.15, -0.1) is 0 Å². The first kappa shape index (κ1) is 16.7. The van der Waals surface area contributed by atoms with E-state index in [1.807, 2.05) is 56.3 Å². The van der Waals surface area contributed by atoms with Crippen molar-refractivity contribution < 1.29 is 9.59 Å². The molecule has 2 amide bonds. The number of benzene rings is 2. The third-order valence-electron chi connectivity index (χ3n) is 4.50. The van der Waals surface area contributed by atoms with E-state index >= 15 is 0 Å². The average molecular weight is 387 g/mol. The lowest BCUT2D eigenvalue weighted by Gasteiger charge is -2.17. The predicted octanol–water partition coefficient (Wildman–Crippen LogP) is 4.06. The molecule has 1 saturated heterocycles. The quantitative estimate of drug-likeness (QED) is 0.864. The summed E-state index contributed by atoms with van der Waals surface area (Å²) in [6.07, 6.45) is 0.243. The van der Waals surface area contributed by atoms with E-state index in [-0.39, 0.29) is 24.2 Å². The normalized spacial score (nSPS) is 17.2. The number of nitrogens with zero attached hydrogens (tertiary/aromatic N) is 1. The maximum absolute atomic E-state index is 12.6. The Bertz CT molecular complexity index is 786. The minimum Gasteiger partial charge on any atom is -0.326 e. The minimum atomic E-state index is -0.332. The molecule has 124 valence electrons. The standard InChI is InChI=1S/C19H19BrN2O2/c1-12-4-3-5-17(13(12)2)21-19(24)14-10-18(23)22(11-14)16-8-6-15(20)7-9-16/h3-9,14H,10-11H2,1-2H3,(H,21,24)/t14-/m1/s1. The first-order chi connectivity index (χ1) is 11.5. The lowest BCUT2D eigenvalue weighted by molar-refractivity contribution is -0.122. The summed E-state index contributed by atoms with van der Waals surface area (Å²) in [7, 11) is 0. The maximum atomic E-state index is 12.6. The largest absolute Gasteiger partial charge is 0.326 e. The van der Waals surface area contributed by atoms with Crippen molar-refractivity contribution in [1.82, 2.24) is 0 Å². The van der Waals surface area contributed by atoms with Crippen LogP contribution < -0.4 is 10.2 Å². The van der Waals surface area contributed by atoms with Crippen LogP contribution in [0, 0.1) is 19.8 Å². The number of hydrogen-bond donors (Lipinski definition) is 1. The molecule has 1 aliphatic rings. The molecule has 1 fully saturated rings. The summed E-state index contributed by atoms with van der Waals surface area (Å²) in [6, 6.07) is 13.4. The second-order valence-corrected chi connectivity index (χ2v) is 7.03. The molecule has 2 aromatic carbocycles. The SMILES string of the molecule is Cc1cccc(NC(=O)[C@@H]2CC(=O)N(c3ccc(Br)cc3)C2)c1C. The van der Waals surface area contributed by atoms with Crippen LogP contribution in [0.2, 0.25) is 0 Å². The molecule has 5 heteroatoms. The van der Waals surface area contributed by atoms with Crippen LogP contribution >= 0.6 is 15.9 Å². The molecule has 24 heavy (non-hydrogen) atoms. The zero-order valence-electron chi connectivity index (χ0n) is 13.7. The van der Waals surface area contributed by atoms with E-state index in [9.17, 15) is 9.59 Å². The van der Waals surface area contributed by atoms with Gasteiger partial charge in [0.15, 0.2) is 0 Å². The van der Waals surface area contributed by atoms with E-state index in [4.69, 9.17) is 0 Å². The molecule has 1 heterocycles. The van der Waals surface area contributed by atoms with E-state index in [0.717, 1.165) is 27.0 Å². The van der Waals surface area contributed by atoms with Crippen LogP contribution in [0.5, 0.6) is 0 Å². The van der Waals surface area contributed by atoms with Crippen LogP contribution in [0.1, 0.15) is 17.5 Å². The third kappa shape index (κ3) is 3.36. The predicted molar refractivity (Wildman–Crippen MR) is 99.1 cm³/mol. The summed E-state index contributed by atoms with van der Waals surface area (Å²) in [4.78, 5) is 26.5. The topological polar surface area (TPSA) is 49.4 Å². The Kier molecular flexibility index (Phi) is 4.71. The van der Waals surface area contributed by atoms with Crippen molar-refractivity contribution in [1.29, 1.82) is 0 Å². The number of amides is 2. The van der Waals surface area contributed by atoms with Gasteiger partial charge < -0.3 is 10.2 Å². The summed E-state index contributed by atoms with van der Waals surface area (Å²) in [5.41, 5.74) is 3.83. The van der Waals surface area contributed by atoms with Gasteiger partial charge in [-0.05, 0) is 55.3 Å². The highest BCUT2D eigenvalue weighted by atomic mass is 79.9. The van der Waals surface area contributed by atoms with Gasteiger partial charge in [-0.25, -0.2) is 0 Å². The Morgan fingerprint density at radius 3 is 2.58 bits per heavy atom. The minimum absolute atomic E-state index is 0.0153. The van der Waals surface area contributed by atoms with Crippen LogP contribution in [-0.4, -0.2) is 18.4 Å². The summed E-state index contributed by atoms with van der Waals surface area (Å²) >= 11 is 3.39. The lowest BCUT2D eigenvalue weighted by Crippen LogP contribution is -2.28. The fourth-order valence-corrected chi connectivity index (χ4v) is 3.14. The molecule has 3 rings (SSSR count). The van der Waals surface area contributed by atoms with Crippen LogP contribution in [0.25, 0.3) is 0 Å². The van der Waals surface area contributed by atoms with Gasteiger partial charge in [0.25, 0.3) is 0 Å². The monoisotopic (exact) mass is 386 g/mol. The Morgan fingerprint density at radius 1 is 1.17 bits per heavy atom. The second-order valence-electron chi connectivity index (χ2n) is 6.12. The number of aryl methyl sites for hydroxylation is 1.